The quantitative estimate of drug-likeness (QED) is 0.352. The van der Waals surface area contributed by atoms with Crippen LogP contribution < -0.4 is 5.73 Å². The first kappa shape index (κ1) is 24.7. The Kier molecular flexibility index (Phi) is 17.0. The standard InChI is InChI=1S/C21H42N2O.ClH/c1-2-3-4-5-6-7-8-9-10-11-12-13-14-15-17-23-18-16-20(19-23)21(22)24;/h20H,2-19H2,1H3,(H2,22,24);1H. The van der Waals surface area contributed by atoms with Crippen molar-refractivity contribution < 1.29 is 4.79 Å². The minimum absolute atomic E-state index is 0. The molecule has 4 heteroatoms. The molecule has 1 amide bonds. The number of likely N-dealkylation sites (tertiary alicyclic amines) is 1. The van der Waals surface area contributed by atoms with Gasteiger partial charge in [0.1, 0.15) is 0 Å². The van der Waals surface area contributed by atoms with Gasteiger partial charge >= 0.3 is 0 Å². The van der Waals surface area contributed by atoms with Crippen molar-refractivity contribution in [3.63, 3.8) is 0 Å². The highest BCUT2D eigenvalue weighted by Gasteiger charge is 2.25. The van der Waals surface area contributed by atoms with Crippen molar-refractivity contribution in [2.45, 2.75) is 103 Å². The molecule has 1 saturated heterocycles. The molecule has 0 saturated carbocycles. The molecule has 0 aromatic carbocycles. The van der Waals surface area contributed by atoms with Crippen molar-refractivity contribution in [3.05, 3.63) is 0 Å². The van der Waals surface area contributed by atoms with Gasteiger partial charge in [-0.1, -0.05) is 90.4 Å². The number of hydrogen-bond acceptors (Lipinski definition) is 2. The van der Waals surface area contributed by atoms with Crippen LogP contribution in [-0.4, -0.2) is 30.4 Å². The van der Waals surface area contributed by atoms with E-state index in [1.165, 1.54) is 89.9 Å². The van der Waals surface area contributed by atoms with Gasteiger partial charge in [-0.05, 0) is 25.9 Å². The van der Waals surface area contributed by atoms with Crippen LogP contribution in [0.1, 0.15) is 103 Å². The van der Waals surface area contributed by atoms with E-state index in [0.717, 1.165) is 26.1 Å². The van der Waals surface area contributed by atoms with E-state index in [1.54, 1.807) is 0 Å². The number of rotatable bonds is 16. The van der Waals surface area contributed by atoms with Crippen LogP contribution in [-0.2, 0) is 4.79 Å². The maximum absolute atomic E-state index is 11.1. The smallest absolute Gasteiger partial charge is 0.221 e. The summed E-state index contributed by atoms with van der Waals surface area (Å²) in [6.45, 7) is 5.40. The molecule has 150 valence electrons. The van der Waals surface area contributed by atoms with E-state index in [1.807, 2.05) is 0 Å². The Morgan fingerprint density at radius 3 is 1.68 bits per heavy atom. The molecule has 1 fully saturated rings. The molecule has 25 heavy (non-hydrogen) atoms. The van der Waals surface area contributed by atoms with Crippen LogP contribution >= 0.6 is 12.4 Å². The van der Waals surface area contributed by atoms with Crippen LogP contribution in [0, 0.1) is 5.92 Å². The number of nitrogens with zero attached hydrogens (tertiary/aromatic N) is 1. The minimum atomic E-state index is -0.113. The third-order valence-corrected chi connectivity index (χ3v) is 5.50. The molecule has 0 radical (unpaired) electrons. The second-order valence-corrected chi connectivity index (χ2v) is 7.78. The third-order valence-electron chi connectivity index (χ3n) is 5.50. The topological polar surface area (TPSA) is 46.3 Å². The maximum atomic E-state index is 11.1. The number of halogens is 1. The fraction of sp³-hybridized carbons (Fsp3) is 0.952. The zero-order valence-corrected chi connectivity index (χ0v) is 17.5. The fourth-order valence-electron chi connectivity index (χ4n) is 3.80. The lowest BCUT2D eigenvalue weighted by molar-refractivity contribution is -0.121. The van der Waals surface area contributed by atoms with Crippen molar-refractivity contribution in [1.29, 1.82) is 0 Å². The summed E-state index contributed by atoms with van der Waals surface area (Å²) in [5, 5.41) is 0. The van der Waals surface area contributed by atoms with Gasteiger partial charge in [-0.3, -0.25) is 4.79 Å². The van der Waals surface area contributed by atoms with E-state index < -0.39 is 0 Å². The first-order valence-corrected chi connectivity index (χ1v) is 10.8. The number of primary amides is 1. The van der Waals surface area contributed by atoms with E-state index in [2.05, 4.69) is 11.8 Å². The van der Waals surface area contributed by atoms with Crippen molar-refractivity contribution >= 4 is 18.3 Å². The number of amides is 1. The lowest BCUT2D eigenvalue weighted by atomic mass is 10.0. The summed E-state index contributed by atoms with van der Waals surface area (Å²) in [4.78, 5) is 13.6. The van der Waals surface area contributed by atoms with Crippen molar-refractivity contribution in [2.75, 3.05) is 19.6 Å². The zero-order valence-electron chi connectivity index (χ0n) is 16.6. The van der Waals surface area contributed by atoms with E-state index in [4.69, 9.17) is 5.73 Å². The number of hydrogen-bond donors (Lipinski definition) is 1. The molecule has 0 spiro atoms. The summed E-state index contributed by atoms with van der Waals surface area (Å²) in [7, 11) is 0. The van der Waals surface area contributed by atoms with Gasteiger partial charge in [0.2, 0.25) is 5.91 Å². The summed E-state index contributed by atoms with van der Waals surface area (Å²) in [5.41, 5.74) is 5.37. The van der Waals surface area contributed by atoms with Gasteiger partial charge in [-0.2, -0.15) is 0 Å². The van der Waals surface area contributed by atoms with E-state index in [0.29, 0.717) is 0 Å². The zero-order chi connectivity index (χ0) is 17.5. The Bertz CT molecular complexity index is 312. The predicted octanol–water partition coefficient (Wildman–Crippen LogP) is 5.70. The lowest BCUT2D eigenvalue weighted by Crippen LogP contribution is -2.27. The average Bonchev–Trinajstić information content (AvgIpc) is 3.04. The molecular weight excluding hydrogens is 332 g/mol. The van der Waals surface area contributed by atoms with Gasteiger partial charge in [-0.25, -0.2) is 0 Å². The van der Waals surface area contributed by atoms with Gasteiger partial charge in [0.05, 0.1) is 5.92 Å². The molecule has 0 aromatic heterocycles. The Morgan fingerprint density at radius 1 is 0.840 bits per heavy atom. The third kappa shape index (κ3) is 13.6. The Balaban J connectivity index is 0.00000576. The normalized spacial score (nSPS) is 17.6. The minimum Gasteiger partial charge on any atom is -0.369 e. The predicted molar refractivity (Wildman–Crippen MR) is 111 cm³/mol. The first-order valence-electron chi connectivity index (χ1n) is 10.8. The van der Waals surface area contributed by atoms with Crippen LogP contribution in [0.4, 0.5) is 0 Å². The lowest BCUT2D eigenvalue weighted by Gasteiger charge is -2.14. The number of carbonyl (C=O) groups is 1. The Morgan fingerprint density at radius 2 is 1.28 bits per heavy atom. The van der Waals surface area contributed by atoms with Gasteiger partial charge in [0.15, 0.2) is 0 Å². The summed E-state index contributed by atoms with van der Waals surface area (Å²) < 4.78 is 0. The highest BCUT2D eigenvalue weighted by Crippen LogP contribution is 2.17. The van der Waals surface area contributed by atoms with E-state index >= 15 is 0 Å². The second-order valence-electron chi connectivity index (χ2n) is 7.78. The molecule has 1 heterocycles. The van der Waals surface area contributed by atoms with Crippen LogP contribution in [0.15, 0.2) is 0 Å². The number of nitrogens with two attached hydrogens (primary N) is 1. The van der Waals surface area contributed by atoms with E-state index in [9.17, 15) is 4.79 Å². The van der Waals surface area contributed by atoms with Gasteiger partial charge in [-0.15, -0.1) is 12.4 Å². The largest absolute Gasteiger partial charge is 0.369 e. The average molecular weight is 375 g/mol. The molecule has 0 aliphatic carbocycles. The van der Waals surface area contributed by atoms with Crippen molar-refractivity contribution in [1.82, 2.24) is 4.90 Å². The Hall–Kier alpha value is -0.280. The molecule has 1 unspecified atom stereocenters. The van der Waals surface area contributed by atoms with Gasteiger partial charge in [0.25, 0.3) is 0 Å². The Labute approximate surface area is 162 Å². The molecule has 2 N–H and O–H groups in total. The molecule has 1 aliphatic rings. The highest BCUT2D eigenvalue weighted by molar-refractivity contribution is 5.85. The van der Waals surface area contributed by atoms with Crippen LogP contribution in [0.25, 0.3) is 0 Å². The molecule has 1 aliphatic heterocycles. The van der Waals surface area contributed by atoms with Gasteiger partial charge < -0.3 is 10.6 Å². The summed E-state index contributed by atoms with van der Waals surface area (Å²) in [6, 6.07) is 0. The monoisotopic (exact) mass is 374 g/mol. The summed E-state index contributed by atoms with van der Waals surface area (Å²) in [5.74, 6) is -0.00453. The molecule has 0 aromatic rings. The van der Waals surface area contributed by atoms with E-state index in [-0.39, 0.29) is 24.2 Å². The highest BCUT2D eigenvalue weighted by atomic mass is 35.5. The number of unbranched alkanes of at least 4 members (excludes halogenated alkanes) is 13. The number of carbonyl (C=O) groups excluding carboxylic acids is 1. The first-order chi connectivity index (χ1) is 11.7. The van der Waals surface area contributed by atoms with Crippen molar-refractivity contribution in [2.24, 2.45) is 11.7 Å². The SMILES string of the molecule is CCCCCCCCCCCCCCCCN1CCC(C(N)=O)C1.Cl. The summed E-state index contributed by atoms with van der Waals surface area (Å²) >= 11 is 0. The second kappa shape index (κ2) is 17.1. The van der Waals surface area contributed by atoms with Crippen LogP contribution in [0.3, 0.4) is 0 Å². The molecule has 0 bridgehead atoms. The molecular formula is C21H43ClN2O. The van der Waals surface area contributed by atoms with Crippen LogP contribution in [0.2, 0.25) is 0 Å². The summed E-state index contributed by atoms with van der Waals surface area (Å²) in [6.07, 6.45) is 20.7. The van der Waals surface area contributed by atoms with Crippen molar-refractivity contribution in [3.8, 4) is 0 Å². The fourth-order valence-corrected chi connectivity index (χ4v) is 3.80. The molecule has 1 rings (SSSR count). The van der Waals surface area contributed by atoms with Gasteiger partial charge in [0, 0.05) is 6.54 Å². The molecule has 3 nitrogen and oxygen atoms in total. The molecule has 1 atom stereocenters. The maximum Gasteiger partial charge on any atom is 0.221 e. The van der Waals surface area contributed by atoms with Crippen LogP contribution in [0.5, 0.6) is 0 Å².